The third kappa shape index (κ3) is 9.37. The number of nitrogens with zero attached hydrogens (tertiary/aromatic N) is 2. The number of halogens is 2. The number of amides is 2. The fourth-order valence-electron chi connectivity index (χ4n) is 5.10. The van der Waals surface area contributed by atoms with Gasteiger partial charge in [-0.1, -0.05) is 111 Å². The lowest BCUT2D eigenvalue weighted by atomic mass is 10.0. The SMILES string of the molecule is CC[C@@H](C)NC(=O)[C@H](Cc1ccccc1)N(Cc1ccc(Cl)cc1Cl)C(=O)CN(c1ccc(C(C)C)cc1)S(=O)(=O)c1ccccc1. The Kier molecular flexibility index (Phi) is 12.5. The summed E-state index contributed by atoms with van der Waals surface area (Å²) < 4.78 is 29.5. The van der Waals surface area contributed by atoms with Gasteiger partial charge in [-0.05, 0) is 72.4 Å². The molecule has 10 heteroatoms. The molecule has 0 heterocycles. The van der Waals surface area contributed by atoms with Gasteiger partial charge in [0.15, 0.2) is 0 Å². The summed E-state index contributed by atoms with van der Waals surface area (Å²) in [5, 5.41) is 3.79. The van der Waals surface area contributed by atoms with Crippen LogP contribution >= 0.6 is 23.2 Å². The molecule has 7 nitrogen and oxygen atoms in total. The van der Waals surface area contributed by atoms with Crippen molar-refractivity contribution in [3.8, 4) is 0 Å². The van der Waals surface area contributed by atoms with Gasteiger partial charge in [0.05, 0.1) is 10.6 Å². The van der Waals surface area contributed by atoms with Crippen molar-refractivity contribution in [2.45, 2.75) is 70.0 Å². The molecule has 0 unspecified atom stereocenters. The van der Waals surface area contributed by atoms with Gasteiger partial charge in [0.1, 0.15) is 12.6 Å². The summed E-state index contributed by atoms with van der Waals surface area (Å²) >= 11 is 12.8. The molecule has 0 aliphatic carbocycles. The van der Waals surface area contributed by atoms with Crippen LogP contribution in [-0.4, -0.2) is 43.8 Å². The van der Waals surface area contributed by atoms with E-state index in [1.165, 1.54) is 17.0 Å². The fraction of sp³-hybridized carbons (Fsp3) is 0.297. The number of rotatable bonds is 14. The summed E-state index contributed by atoms with van der Waals surface area (Å²) in [6, 6.07) is 28.4. The topological polar surface area (TPSA) is 86.8 Å². The van der Waals surface area contributed by atoms with E-state index in [9.17, 15) is 18.0 Å². The fourth-order valence-corrected chi connectivity index (χ4v) is 7.01. The highest BCUT2D eigenvalue weighted by Gasteiger charge is 2.35. The molecule has 0 saturated carbocycles. The Bertz CT molecular complexity index is 1750. The van der Waals surface area contributed by atoms with Crippen molar-refractivity contribution in [3.63, 3.8) is 0 Å². The molecule has 248 valence electrons. The van der Waals surface area contributed by atoms with Crippen molar-refractivity contribution in [3.05, 3.63) is 130 Å². The maximum Gasteiger partial charge on any atom is 0.264 e. The number of benzene rings is 4. The van der Waals surface area contributed by atoms with E-state index in [1.807, 2.05) is 70.2 Å². The van der Waals surface area contributed by atoms with Crippen LogP contribution in [0.15, 0.2) is 108 Å². The van der Waals surface area contributed by atoms with Gasteiger partial charge in [-0.3, -0.25) is 13.9 Å². The zero-order chi connectivity index (χ0) is 34.1. The van der Waals surface area contributed by atoms with Crippen LogP contribution in [0.5, 0.6) is 0 Å². The monoisotopic (exact) mass is 693 g/mol. The third-order valence-electron chi connectivity index (χ3n) is 8.09. The quantitative estimate of drug-likeness (QED) is 0.146. The van der Waals surface area contributed by atoms with E-state index in [0.717, 1.165) is 15.4 Å². The summed E-state index contributed by atoms with van der Waals surface area (Å²) in [6.07, 6.45) is 0.894. The van der Waals surface area contributed by atoms with Crippen LogP contribution in [-0.2, 0) is 32.6 Å². The molecule has 2 amide bonds. The van der Waals surface area contributed by atoms with Crippen LogP contribution in [0.4, 0.5) is 5.69 Å². The molecule has 0 aromatic heterocycles. The Morgan fingerprint density at radius 1 is 0.830 bits per heavy atom. The molecule has 0 fully saturated rings. The van der Waals surface area contributed by atoms with Gasteiger partial charge in [-0.15, -0.1) is 0 Å². The maximum atomic E-state index is 14.6. The van der Waals surface area contributed by atoms with E-state index >= 15 is 0 Å². The zero-order valence-corrected chi connectivity index (χ0v) is 29.4. The van der Waals surface area contributed by atoms with E-state index < -0.39 is 28.5 Å². The highest BCUT2D eigenvalue weighted by atomic mass is 35.5. The van der Waals surface area contributed by atoms with Gasteiger partial charge < -0.3 is 10.2 Å². The van der Waals surface area contributed by atoms with Crippen molar-refractivity contribution in [2.24, 2.45) is 0 Å². The Hall–Kier alpha value is -3.85. The molecule has 0 aliphatic heterocycles. The minimum atomic E-state index is -4.19. The van der Waals surface area contributed by atoms with E-state index in [-0.39, 0.29) is 35.7 Å². The van der Waals surface area contributed by atoms with Crippen LogP contribution in [0.2, 0.25) is 10.0 Å². The van der Waals surface area contributed by atoms with Gasteiger partial charge in [0.2, 0.25) is 11.8 Å². The number of carbonyl (C=O) groups is 2. The Labute approximate surface area is 288 Å². The molecule has 0 saturated heterocycles. The van der Waals surface area contributed by atoms with E-state index in [0.29, 0.717) is 27.7 Å². The first-order chi connectivity index (χ1) is 22.4. The minimum absolute atomic E-state index is 0.0448. The summed E-state index contributed by atoms with van der Waals surface area (Å²) in [5.41, 5.74) is 2.77. The predicted octanol–water partition coefficient (Wildman–Crippen LogP) is 7.87. The number of hydrogen-bond acceptors (Lipinski definition) is 4. The maximum absolute atomic E-state index is 14.6. The predicted molar refractivity (Wildman–Crippen MR) is 190 cm³/mol. The highest BCUT2D eigenvalue weighted by molar-refractivity contribution is 7.92. The first-order valence-corrected chi connectivity index (χ1v) is 17.9. The van der Waals surface area contributed by atoms with E-state index in [1.54, 1.807) is 48.5 Å². The van der Waals surface area contributed by atoms with Crippen LogP contribution < -0.4 is 9.62 Å². The van der Waals surface area contributed by atoms with Gasteiger partial charge in [-0.25, -0.2) is 8.42 Å². The van der Waals surface area contributed by atoms with Gasteiger partial charge in [0, 0.05) is 29.1 Å². The molecule has 1 N–H and O–H groups in total. The molecule has 0 radical (unpaired) electrons. The number of anilines is 1. The second-order valence-electron chi connectivity index (χ2n) is 11.9. The standard InChI is InChI=1S/C37H41Cl2N3O4S/c1-5-27(4)40-37(44)35(22-28-12-8-6-9-13-28)41(24-30-16-19-31(38)23-34(30)39)36(43)25-42(32-20-17-29(18-21-32)26(2)3)47(45,46)33-14-10-7-11-15-33/h6-21,23,26-27,35H,5,22,24-25H2,1-4H3,(H,40,44)/t27-,35+/m1/s1. The average molecular weight is 695 g/mol. The largest absolute Gasteiger partial charge is 0.352 e. The molecule has 4 aromatic rings. The van der Waals surface area contributed by atoms with Crippen LogP contribution in [0.1, 0.15) is 56.7 Å². The van der Waals surface area contributed by atoms with Gasteiger partial charge in [0.25, 0.3) is 10.0 Å². The summed E-state index contributed by atoms with van der Waals surface area (Å²) in [4.78, 5) is 30.1. The molecular weight excluding hydrogens is 653 g/mol. The van der Waals surface area contributed by atoms with Crippen LogP contribution in [0, 0.1) is 0 Å². The zero-order valence-electron chi connectivity index (χ0n) is 27.1. The minimum Gasteiger partial charge on any atom is -0.352 e. The highest BCUT2D eigenvalue weighted by Crippen LogP contribution is 2.28. The molecule has 0 bridgehead atoms. The molecular formula is C37H41Cl2N3O4S. The van der Waals surface area contributed by atoms with Crippen molar-refractivity contribution in [1.29, 1.82) is 0 Å². The summed E-state index contributed by atoms with van der Waals surface area (Å²) in [7, 11) is -4.19. The molecule has 4 aromatic carbocycles. The average Bonchev–Trinajstić information content (AvgIpc) is 3.06. The Morgan fingerprint density at radius 3 is 2.02 bits per heavy atom. The molecule has 0 spiro atoms. The normalized spacial score (nSPS) is 12.7. The number of nitrogens with one attached hydrogen (secondary N) is 1. The first-order valence-electron chi connectivity index (χ1n) is 15.7. The lowest BCUT2D eigenvalue weighted by Crippen LogP contribution is -2.54. The lowest BCUT2D eigenvalue weighted by Gasteiger charge is -2.34. The Morgan fingerprint density at radius 2 is 1.45 bits per heavy atom. The number of hydrogen-bond donors (Lipinski definition) is 1. The second kappa shape index (κ2) is 16.3. The third-order valence-corrected chi connectivity index (χ3v) is 10.5. The van der Waals surface area contributed by atoms with E-state index in [4.69, 9.17) is 23.2 Å². The number of carbonyl (C=O) groups excluding carboxylic acids is 2. The smallest absolute Gasteiger partial charge is 0.264 e. The molecule has 0 aliphatic rings. The lowest BCUT2D eigenvalue weighted by molar-refractivity contribution is -0.140. The Balaban J connectivity index is 1.83. The van der Waals surface area contributed by atoms with Crippen molar-refractivity contribution >= 4 is 50.7 Å². The van der Waals surface area contributed by atoms with E-state index in [2.05, 4.69) is 5.32 Å². The number of sulfonamides is 1. The van der Waals surface area contributed by atoms with Crippen molar-refractivity contribution in [1.82, 2.24) is 10.2 Å². The molecule has 47 heavy (non-hydrogen) atoms. The second-order valence-corrected chi connectivity index (χ2v) is 14.6. The van der Waals surface area contributed by atoms with Crippen LogP contribution in [0.3, 0.4) is 0 Å². The van der Waals surface area contributed by atoms with Crippen molar-refractivity contribution < 1.29 is 18.0 Å². The first kappa shape index (κ1) is 36.0. The molecule has 2 atom stereocenters. The summed E-state index contributed by atoms with van der Waals surface area (Å²) in [5.74, 6) is -0.684. The summed E-state index contributed by atoms with van der Waals surface area (Å²) in [6.45, 7) is 7.36. The van der Waals surface area contributed by atoms with Crippen LogP contribution in [0.25, 0.3) is 0 Å². The van der Waals surface area contributed by atoms with Crippen molar-refractivity contribution in [2.75, 3.05) is 10.8 Å². The van der Waals surface area contributed by atoms with Gasteiger partial charge >= 0.3 is 0 Å². The molecule has 4 rings (SSSR count). The van der Waals surface area contributed by atoms with Gasteiger partial charge in [-0.2, -0.15) is 0 Å².